The molecule has 0 saturated carbocycles. The summed E-state index contributed by atoms with van der Waals surface area (Å²) in [6.45, 7) is 9.08. The summed E-state index contributed by atoms with van der Waals surface area (Å²) in [7, 11) is 0. The highest BCUT2D eigenvalue weighted by Gasteiger charge is 2.32. The number of hydrogen-bond acceptors (Lipinski definition) is 5. The Balaban J connectivity index is 1.57. The van der Waals surface area contributed by atoms with Crippen molar-refractivity contribution in [2.24, 2.45) is 5.41 Å². The molecule has 7 nitrogen and oxygen atoms in total. The molecule has 2 rings (SSSR count). The summed E-state index contributed by atoms with van der Waals surface area (Å²) in [5.41, 5.74) is 1.07. The molecule has 1 aromatic rings. The Morgan fingerprint density at radius 3 is 2.47 bits per heavy atom. The van der Waals surface area contributed by atoms with Crippen LogP contribution in [0.2, 0.25) is 0 Å². The predicted molar refractivity (Wildman–Crippen MR) is 116 cm³/mol. The van der Waals surface area contributed by atoms with E-state index < -0.39 is 0 Å². The highest BCUT2D eigenvalue weighted by Crippen LogP contribution is 2.23. The molecule has 0 spiro atoms. The molecule has 1 fully saturated rings. The highest BCUT2D eigenvalue weighted by atomic mass is 16.5. The van der Waals surface area contributed by atoms with Crippen LogP contribution in [0, 0.1) is 5.41 Å². The summed E-state index contributed by atoms with van der Waals surface area (Å²) < 4.78 is 5.17. The number of esters is 1. The van der Waals surface area contributed by atoms with Crippen molar-refractivity contribution in [3.05, 3.63) is 35.9 Å². The standard InChI is InChI=1S/C23H35N3O4/c1-23(2,3)17-26-15-7-10-19(26)22(29)25-13-11-20(27)24-14-12-21(28)30-16-18-8-5-4-6-9-18/h4-6,8-9,19H,7,10-17H2,1-3H3,(H,24,27)(H,25,29)/t19-/m0/s1. The molecule has 1 aliphatic heterocycles. The lowest BCUT2D eigenvalue weighted by Gasteiger charge is -2.30. The number of carbonyl (C=O) groups excluding carboxylic acids is 3. The lowest BCUT2D eigenvalue weighted by molar-refractivity contribution is -0.144. The zero-order valence-corrected chi connectivity index (χ0v) is 18.4. The van der Waals surface area contributed by atoms with Crippen LogP contribution in [-0.4, -0.2) is 54.9 Å². The van der Waals surface area contributed by atoms with Gasteiger partial charge >= 0.3 is 5.97 Å². The number of ether oxygens (including phenoxy) is 1. The van der Waals surface area contributed by atoms with Gasteiger partial charge in [0.2, 0.25) is 11.8 Å². The van der Waals surface area contributed by atoms with Crippen LogP contribution < -0.4 is 10.6 Å². The number of amides is 2. The molecule has 1 atom stereocenters. The van der Waals surface area contributed by atoms with Gasteiger partial charge in [0.05, 0.1) is 12.5 Å². The van der Waals surface area contributed by atoms with Crippen molar-refractivity contribution in [3.8, 4) is 0 Å². The second-order valence-electron chi connectivity index (χ2n) is 8.98. The van der Waals surface area contributed by atoms with Crippen LogP contribution in [-0.2, 0) is 25.7 Å². The summed E-state index contributed by atoms with van der Waals surface area (Å²) in [4.78, 5) is 38.4. The number of rotatable bonds is 10. The minimum atomic E-state index is -0.354. The average Bonchev–Trinajstić information content (AvgIpc) is 3.13. The lowest BCUT2D eigenvalue weighted by Crippen LogP contribution is -2.46. The van der Waals surface area contributed by atoms with Crippen molar-refractivity contribution in [1.29, 1.82) is 0 Å². The van der Waals surface area contributed by atoms with Gasteiger partial charge < -0.3 is 15.4 Å². The minimum absolute atomic E-state index is 0.00552. The average molecular weight is 418 g/mol. The molecule has 2 amide bonds. The first-order chi connectivity index (χ1) is 14.2. The fourth-order valence-electron chi connectivity index (χ4n) is 3.54. The number of benzene rings is 1. The molecule has 0 radical (unpaired) electrons. The maximum absolute atomic E-state index is 12.5. The number of carbonyl (C=O) groups is 3. The summed E-state index contributed by atoms with van der Waals surface area (Å²) in [6, 6.07) is 9.34. The van der Waals surface area contributed by atoms with Crippen molar-refractivity contribution in [1.82, 2.24) is 15.5 Å². The summed E-state index contributed by atoms with van der Waals surface area (Å²) in [6.07, 6.45) is 2.19. The molecule has 1 saturated heterocycles. The van der Waals surface area contributed by atoms with E-state index in [2.05, 4.69) is 36.3 Å². The first-order valence-corrected chi connectivity index (χ1v) is 10.7. The molecule has 0 bridgehead atoms. The SMILES string of the molecule is CC(C)(C)CN1CCC[C@H]1C(=O)NCCC(=O)NCCC(=O)OCc1ccccc1. The Morgan fingerprint density at radius 2 is 1.77 bits per heavy atom. The van der Waals surface area contributed by atoms with Crippen LogP contribution in [0.5, 0.6) is 0 Å². The topological polar surface area (TPSA) is 87.7 Å². The molecular weight excluding hydrogens is 382 g/mol. The molecule has 0 aliphatic carbocycles. The fourth-order valence-corrected chi connectivity index (χ4v) is 3.54. The van der Waals surface area contributed by atoms with Gasteiger partial charge in [-0.05, 0) is 30.4 Å². The van der Waals surface area contributed by atoms with Crippen molar-refractivity contribution in [3.63, 3.8) is 0 Å². The van der Waals surface area contributed by atoms with E-state index in [1.54, 1.807) is 0 Å². The minimum Gasteiger partial charge on any atom is -0.461 e. The Bertz CT molecular complexity index is 700. The van der Waals surface area contributed by atoms with E-state index in [1.165, 1.54) is 0 Å². The maximum atomic E-state index is 12.5. The molecule has 0 aromatic heterocycles. The van der Waals surface area contributed by atoms with Gasteiger partial charge in [-0.15, -0.1) is 0 Å². The molecule has 7 heteroatoms. The lowest BCUT2D eigenvalue weighted by atomic mass is 9.95. The van der Waals surface area contributed by atoms with Gasteiger partial charge in [0, 0.05) is 26.1 Å². The second kappa shape index (κ2) is 11.7. The third kappa shape index (κ3) is 8.95. The molecule has 1 aliphatic rings. The number of nitrogens with one attached hydrogen (secondary N) is 2. The number of likely N-dealkylation sites (tertiary alicyclic amines) is 1. The smallest absolute Gasteiger partial charge is 0.307 e. The van der Waals surface area contributed by atoms with Crippen molar-refractivity contribution in [2.45, 2.75) is 59.1 Å². The van der Waals surface area contributed by atoms with Crippen LogP contribution in [0.3, 0.4) is 0 Å². The van der Waals surface area contributed by atoms with Gasteiger partial charge in [-0.1, -0.05) is 51.1 Å². The van der Waals surface area contributed by atoms with Gasteiger partial charge in [-0.3, -0.25) is 19.3 Å². The molecule has 30 heavy (non-hydrogen) atoms. The number of hydrogen-bond donors (Lipinski definition) is 2. The Kier molecular flexibility index (Phi) is 9.30. The molecular formula is C23H35N3O4. The van der Waals surface area contributed by atoms with E-state index in [1.807, 2.05) is 30.3 Å². The predicted octanol–water partition coefficient (Wildman–Crippen LogP) is 2.25. The van der Waals surface area contributed by atoms with Crippen molar-refractivity contribution >= 4 is 17.8 Å². The van der Waals surface area contributed by atoms with Crippen molar-refractivity contribution < 1.29 is 19.1 Å². The normalized spacial score (nSPS) is 16.8. The van der Waals surface area contributed by atoms with Crippen molar-refractivity contribution in [2.75, 3.05) is 26.2 Å². The zero-order chi connectivity index (χ0) is 22.0. The molecule has 1 heterocycles. The van der Waals surface area contributed by atoms with Gasteiger partial charge in [-0.25, -0.2) is 0 Å². The summed E-state index contributed by atoms with van der Waals surface area (Å²) in [5.74, 6) is -0.550. The van der Waals surface area contributed by atoms with Gasteiger partial charge in [-0.2, -0.15) is 0 Å². The highest BCUT2D eigenvalue weighted by molar-refractivity contribution is 5.83. The van der Waals surface area contributed by atoms with Crippen LogP contribution in [0.4, 0.5) is 0 Å². The van der Waals surface area contributed by atoms with E-state index in [0.29, 0.717) is 6.54 Å². The van der Waals surface area contributed by atoms with Gasteiger partial charge in [0.1, 0.15) is 6.61 Å². The molecule has 2 N–H and O–H groups in total. The summed E-state index contributed by atoms with van der Waals surface area (Å²) >= 11 is 0. The monoisotopic (exact) mass is 417 g/mol. The molecule has 166 valence electrons. The number of nitrogens with zero attached hydrogens (tertiary/aromatic N) is 1. The Labute approximate surface area is 179 Å². The van der Waals surface area contributed by atoms with Crippen LogP contribution in [0.25, 0.3) is 0 Å². The Hall–Kier alpha value is -2.41. The third-order valence-electron chi connectivity index (χ3n) is 4.89. The van der Waals surface area contributed by atoms with Gasteiger partial charge in [0.25, 0.3) is 0 Å². The van der Waals surface area contributed by atoms with E-state index in [9.17, 15) is 14.4 Å². The largest absolute Gasteiger partial charge is 0.461 e. The molecule has 1 aromatic carbocycles. The quantitative estimate of drug-likeness (QED) is 0.570. The van der Waals surface area contributed by atoms with Crippen LogP contribution >= 0.6 is 0 Å². The van der Waals surface area contributed by atoms with Crippen LogP contribution in [0.15, 0.2) is 30.3 Å². The summed E-state index contributed by atoms with van der Waals surface area (Å²) in [5, 5.41) is 5.57. The first-order valence-electron chi connectivity index (χ1n) is 10.7. The second-order valence-corrected chi connectivity index (χ2v) is 8.98. The van der Waals surface area contributed by atoms with Crippen LogP contribution in [0.1, 0.15) is 52.0 Å². The first kappa shape index (κ1) is 23.9. The van der Waals surface area contributed by atoms with E-state index in [0.717, 1.165) is 31.5 Å². The Morgan fingerprint density at radius 1 is 1.07 bits per heavy atom. The maximum Gasteiger partial charge on any atom is 0.307 e. The van der Waals surface area contributed by atoms with E-state index in [4.69, 9.17) is 4.74 Å². The molecule has 0 unspecified atom stereocenters. The zero-order valence-electron chi connectivity index (χ0n) is 18.4. The van der Waals surface area contributed by atoms with E-state index in [-0.39, 0.29) is 55.2 Å². The van der Waals surface area contributed by atoms with Gasteiger partial charge in [0.15, 0.2) is 0 Å². The fraction of sp³-hybridized carbons (Fsp3) is 0.609. The van der Waals surface area contributed by atoms with E-state index >= 15 is 0 Å². The third-order valence-corrected chi connectivity index (χ3v) is 4.89.